The molecule has 0 fully saturated rings. The molecule has 226 valence electrons. The highest BCUT2D eigenvalue weighted by Crippen LogP contribution is 2.24. The summed E-state index contributed by atoms with van der Waals surface area (Å²) in [6, 6.07) is 19.6. The molecule has 3 aromatic carbocycles. The van der Waals surface area contributed by atoms with Gasteiger partial charge in [-0.25, -0.2) is 9.67 Å². The molecule has 43 heavy (non-hydrogen) atoms. The van der Waals surface area contributed by atoms with Crippen molar-refractivity contribution >= 4 is 29.1 Å². The van der Waals surface area contributed by atoms with Crippen molar-refractivity contribution in [3.8, 4) is 28.6 Å². The number of halogens is 3. The van der Waals surface area contributed by atoms with E-state index in [1.54, 1.807) is 37.6 Å². The number of thioether (sulfide) groups is 1. The fourth-order valence-electron chi connectivity index (χ4n) is 3.56. The third-order valence-electron chi connectivity index (χ3n) is 5.61. The quantitative estimate of drug-likeness (QED) is 0.121. The van der Waals surface area contributed by atoms with Crippen LogP contribution in [0.3, 0.4) is 0 Å². The van der Waals surface area contributed by atoms with Crippen molar-refractivity contribution in [1.29, 1.82) is 0 Å². The molecule has 14 heteroatoms. The summed E-state index contributed by atoms with van der Waals surface area (Å²) < 4.78 is 47.6. The van der Waals surface area contributed by atoms with E-state index in [2.05, 4.69) is 30.3 Å². The third kappa shape index (κ3) is 9.88. The molecule has 1 aromatic heterocycles. The third-order valence-corrected chi connectivity index (χ3v) is 6.47. The molecule has 0 spiro atoms. The second-order valence-corrected chi connectivity index (χ2v) is 9.58. The summed E-state index contributed by atoms with van der Waals surface area (Å²) in [6.45, 7) is 1.89. The number of carboxylic acid groups (broad SMARTS) is 1. The molecule has 1 unspecified atom stereocenters. The van der Waals surface area contributed by atoms with E-state index in [1.807, 2.05) is 31.2 Å². The lowest BCUT2D eigenvalue weighted by molar-refractivity contribution is -0.274. The zero-order chi connectivity index (χ0) is 30.1. The zero-order valence-electron chi connectivity index (χ0n) is 22.3. The van der Waals surface area contributed by atoms with Crippen LogP contribution in [-0.2, 0) is 4.79 Å². The highest BCUT2D eigenvalue weighted by molar-refractivity contribution is 8.14. The molecule has 0 radical (unpaired) electrons. The highest BCUT2D eigenvalue weighted by atomic mass is 32.2. The lowest BCUT2D eigenvalue weighted by Crippen LogP contribution is -2.17. The van der Waals surface area contributed by atoms with Gasteiger partial charge in [0.1, 0.15) is 17.8 Å². The Morgan fingerprint density at radius 3 is 2.33 bits per heavy atom. The van der Waals surface area contributed by atoms with Crippen LogP contribution in [0.5, 0.6) is 11.5 Å². The standard InChI is InChI=1S/C28H25F3N6O4S.CH4/c1-18(20-7-11-23(40-2)12-8-20)34-27(42-16-25(38)39)35-33-15-19-3-5-21(6-4-19)26-32-17-37(36-26)22-9-13-24(14-10-22)41-28(29,30)31;/h3-15,17-18H,16H2,1-2H3,(H,34,35)(H,38,39);1H4/b33-15+;. The SMILES string of the molecule is C.COc1ccc(C(C)N=C(N/N=C/c2ccc(-c3ncn(-c4ccc(OC(F)(F)F)cc4)n3)cc2)SCC(=O)O)cc1. The van der Waals surface area contributed by atoms with E-state index in [4.69, 9.17) is 9.84 Å². The number of hydrazone groups is 1. The van der Waals surface area contributed by atoms with Crippen molar-refractivity contribution in [2.75, 3.05) is 12.9 Å². The summed E-state index contributed by atoms with van der Waals surface area (Å²) >= 11 is 1.02. The van der Waals surface area contributed by atoms with Gasteiger partial charge in [0.25, 0.3) is 0 Å². The van der Waals surface area contributed by atoms with Crippen LogP contribution >= 0.6 is 11.8 Å². The minimum Gasteiger partial charge on any atom is -0.497 e. The predicted octanol–water partition coefficient (Wildman–Crippen LogP) is 6.34. The number of aliphatic carboxylic acids is 1. The Bertz CT molecular complexity index is 1540. The van der Waals surface area contributed by atoms with Crippen LogP contribution in [0.2, 0.25) is 0 Å². The van der Waals surface area contributed by atoms with Gasteiger partial charge in [0.05, 0.1) is 30.8 Å². The summed E-state index contributed by atoms with van der Waals surface area (Å²) in [4.78, 5) is 20.0. The number of hydrogen-bond donors (Lipinski definition) is 2. The first-order valence-electron chi connectivity index (χ1n) is 12.3. The molecule has 1 heterocycles. The van der Waals surface area contributed by atoms with E-state index in [1.165, 1.54) is 35.3 Å². The topological polar surface area (TPSA) is 123 Å². The van der Waals surface area contributed by atoms with Crippen molar-refractivity contribution < 1.29 is 32.5 Å². The van der Waals surface area contributed by atoms with Crippen LogP contribution in [0.4, 0.5) is 13.2 Å². The number of nitrogens with one attached hydrogen (secondary N) is 1. The fourth-order valence-corrected chi connectivity index (χ4v) is 4.17. The fraction of sp³-hybridized carbons (Fsp3) is 0.207. The molecule has 1 atom stereocenters. The Hall–Kier alpha value is -4.85. The van der Waals surface area contributed by atoms with Gasteiger partial charge in [-0.3, -0.25) is 15.2 Å². The lowest BCUT2D eigenvalue weighted by atomic mass is 10.1. The van der Waals surface area contributed by atoms with E-state index in [9.17, 15) is 18.0 Å². The Morgan fingerprint density at radius 1 is 1.07 bits per heavy atom. The molecule has 4 aromatic rings. The Balaban J connectivity index is 0.00000506. The maximum atomic E-state index is 12.4. The van der Waals surface area contributed by atoms with Crippen molar-refractivity contribution in [3.63, 3.8) is 0 Å². The molecule has 0 saturated carbocycles. The number of carboxylic acids is 1. The number of methoxy groups -OCH3 is 1. The van der Waals surface area contributed by atoms with E-state index in [-0.39, 0.29) is 25.0 Å². The maximum Gasteiger partial charge on any atom is 0.573 e. The summed E-state index contributed by atoms with van der Waals surface area (Å²) in [6.07, 6.45) is -1.74. The summed E-state index contributed by atoms with van der Waals surface area (Å²) in [7, 11) is 1.59. The van der Waals surface area contributed by atoms with Gasteiger partial charge in [0, 0.05) is 5.56 Å². The first-order valence-corrected chi connectivity index (χ1v) is 13.3. The number of aromatic nitrogens is 3. The average Bonchev–Trinajstić information content (AvgIpc) is 3.46. The van der Waals surface area contributed by atoms with E-state index >= 15 is 0 Å². The molecular formula is C29H29F3N6O4S. The number of alkyl halides is 3. The van der Waals surface area contributed by atoms with Gasteiger partial charge in [-0.1, -0.05) is 55.6 Å². The largest absolute Gasteiger partial charge is 0.573 e. The molecule has 0 aliphatic carbocycles. The second kappa shape index (κ2) is 14.9. The molecule has 4 rings (SSSR count). The van der Waals surface area contributed by atoms with Crippen molar-refractivity contribution in [2.24, 2.45) is 10.1 Å². The summed E-state index contributed by atoms with van der Waals surface area (Å²) in [5, 5.41) is 18.1. The molecule has 0 aliphatic heterocycles. The monoisotopic (exact) mass is 614 g/mol. The normalized spacial score (nSPS) is 12.4. The number of ether oxygens (including phenoxy) is 2. The zero-order valence-corrected chi connectivity index (χ0v) is 23.1. The first-order chi connectivity index (χ1) is 20.1. The molecule has 0 bridgehead atoms. The van der Waals surface area contributed by atoms with E-state index in [0.717, 1.165) is 28.6 Å². The van der Waals surface area contributed by atoms with Crippen LogP contribution < -0.4 is 14.9 Å². The van der Waals surface area contributed by atoms with Crippen LogP contribution in [-0.4, -0.2) is 56.4 Å². The van der Waals surface area contributed by atoms with Crippen LogP contribution in [0, 0.1) is 0 Å². The van der Waals surface area contributed by atoms with Gasteiger partial charge in [0.2, 0.25) is 0 Å². The molecular weight excluding hydrogens is 585 g/mol. The molecule has 0 saturated heterocycles. The van der Waals surface area contributed by atoms with E-state index in [0.29, 0.717) is 22.2 Å². The number of carbonyl (C=O) groups is 1. The predicted molar refractivity (Wildman–Crippen MR) is 160 cm³/mol. The Labute approximate surface area is 250 Å². The number of nitrogens with zero attached hydrogens (tertiary/aromatic N) is 5. The average molecular weight is 615 g/mol. The number of amidine groups is 1. The maximum absolute atomic E-state index is 12.4. The summed E-state index contributed by atoms with van der Waals surface area (Å²) in [5.74, 6) is -0.351. The van der Waals surface area contributed by atoms with Gasteiger partial charge in [-0.2, -0.15) is 5.10 Å². The van der Waals surface area contributed by atoms with Crippen LogP contribution in [0.1, 0.15) is 31.5 Å². The Kier molecular flexibility index (Phi) is 11.3. The molecule has 2 N–H and O–H groups in total. The van der Waals surface area contributed by atoms with Gasteiger partial charge in [-0.05, 0) is 54.4 Å². The number of rotatable bonds is 10. The number of aliphatic imine (C=N–C) groups is 1. The smallest absolute Gasteiger partial charge is 0.497 e. The second-order valence-electron chi connectivity index (χ2n) is 8.61. The van der Waals surface area contributed by atoms with Crippen LogP contribution in [0.25, 0.3) is 17.1 Å². The van der Waals surface area contributed by atoms with Gasteiger partial charge >= 0.3 is 12.3 Å². The first kappa shape index (κ1) is 32.7. The number of hydrogen-bond acceptors (Lipinski definition) is 8. The van der Waals surface area contributed by atoms with Crippen LogP contribution in [0.15, 0.2) is 89.2 Å². The lowest BCUT2D eigenvalue weighted by Gasteiger charge is -2.11. The minimum absolute atomic E-state index is 0. The molecule has 0 aliphatic rings. The highest BCUT2D eigenvalue weighted by Gasteiger charge is 2.31. The molecule has 0 amide bonds. The molecule has 10 nitrogen and oxygen atoms in total. The van der Waals surface area contributed by atoms with Crippen molar-refractivity contribution in [3.05, 3.63) is 90.3 Å². The summed E-state index contributed by atoms with van der Waals surface area (Å²) in [5.41, 5.74) is 5.72. The van der Waals surface area contributed by atoms with Crippen molar-refractivity contribution in [1.82, 2.24) is 20.2 Å². The Morgan fingerprint density at radius 2 is 1.72 bits per heavy atom. The van der Waals surface area contributed by atoms with Crippen molar-refractivity contribution in [2.45, 2.75) is 26.8 Å². The van der Waals surface area contributed by atoms with E-state index < -0.39 is 12.3 Å². The number of benzene rings is 3. The minimum atomic E-state index is -4.76. The van der Waals surface area contributed by atoms with Gasteiger partial charge < -0.3 is 14.6 Å². The van der Waals surface area contributed by atoms with Gasteiger partial charge in [0.15, 0.2) is 11.0 Å². The van der Waals surface area contributed by atoms with Gasteiger partial charge in [-0.15, -0.1) is 18.3 Å².